The fraction of sp³-hybridized carbons (Fsp3) is 0. The molecule has 0 aliphatic carbocycles. The number of benzene rings is 1. The van der Waals surface area contributed by atoms with Crippen LogP contribution < -0.4 is 5.56 Å². The monoisotopic (exact) mass is 357 g/mol. The number of rotatable bonds is 1. The molecular weight excluding hydrogens is 350 g/mol. The van der Waals surface area contributed by atoms with Gasteiger partial charge < -0.3 is 0 Å². The first-order valence-electron chi connectivity index (χ1n) is 6.25. The number of hydrogen-bond acceptors (Lipinski definition) is 4. The zero-order chi connectivity index (χ0) is 14.4. The number of halogens is 1. The van der Waals surface area contributed by atoms with Gasteiger partial charge in [-0.15, -0.1) is 11.3 Å². The van der Waals surface area contributed by atoms with Crippen LogP contribution in [0.5, 0.6) is 0 Å². The standard InChI is InChI=1S/C15H8BrN3OS/c16-9-6-11-12-13(21-14(11)17-7-9)15(20)19(8-18-12)10-4-2-1-3-5-10/h1-8H. The minimum atomic E-state index is -0.0645. The summed E-state index contributed by atoms with van der Waals surface area (Å²) in [7, 11) is 0. The van der Waals surface area contributed by atoms with Gasteiger partial charge in [-0.2, -0.15) is 0 Å². The number of thiophene rings is 1. The normalized spacial score (nSPS) is 11.3. The van der Waals surface area contributed by atoms with Crippen molar-refractivity contribution >= 4 is 47.7 Å². The van der Waals surface area contributed by atoms with E-state index < -0.39 is 0 Å². The van der Waals surface area contributed by atoms with Gasteiger partial charge in [0.05, 0.1) is 11.2 Å². The highest BCUT2D eigenvalue weighted by molar-refractivity contribution is 9.10. The van der Waals surface area contributed by atoms with Gasteiger partial charge in [0.1, 0.15) is 15.9 Å². The second kappa shape index (κ2) is 4.75. The molecule has 6 heteroatoms. The summed E-state index contributed by atoms with van der Waals surface area (Å²) in [5, 5.41) is 0.904. The van der Waals surface area contributed by atoms with Crippen molar-refractivity contribution in [1.29, 1.82) is 0 Å². The van der Waals surface area contributed by atoms with E-state index in [-0.39, 0.29) is 5.56 Å². The van der Waals surface area contributed by atoms with E-state index in [9.17, 15) is 4.79 Å². The summed E-state index contributed by atoms with van der Waals surface area (Å²) in [6, 6.07) is 11.4. The minimum absolute atomic E-state index is 0.0645. The van der Waals surface area contributed by atoms with Crippen LogP contribution in [-0.4, -0.2) is 14.5 Å². The Labute approximate surface area is 131 Å². The Morgan fingerprint density at radius 3 is 2.76 bits per heavy atom. The third-order valence-electron chi connectivity index (χ3n) is 3.24. The smallest absolute Gasteiger partial charge is 0.267 e. The lowest BCUT2D eigenvalue weighted by atomic mass is 10.3. The van der Waals surface area contributed by atoms with Gasteiger partial charge in [0.2, 0.25) is 0 Å². The SMILES string of the molecule is O=c1c2sc3ncc(Br)cc3c2ncn1-c1ccccc1. The van der Waals surface area contributed by atoms with Crippen LogP contribution in [0.1, 0.15) is 0 Å². The topological polar surface area (TPSA) is 47.8 Å². The van der Waals surface area contributed by atoms with Crippen molar-refractivity contribution in [1.82, 2.24) is 14.5 Å². The summed E-state index contributed by atoms with van der Waals surface area (Å²) in [6.07, 6.45) is 3.31. The largest absolute Gasteiger partial charge is 0.275 e. The van der Waals surface area contributed by atoms with Gasteiger partial charge in [-0.1, -0.05) is 18.2 Å². The second-order valence-corrected chi connectivity index (χ2v) is 6.46. The van der Waals surface area contributed by atoms with Crippen molar-refractivity contribution in [3.63, 3.8) is 0 Å². The Balaban J connectivity index is 2.08. The first kappa shape index (κ1) is 12.7. The fourth-order valence-corrected chi connectivity index (χ4v) is 3.61. The van der Waals surface area contributed by atoms with Gasteiger partial charge in [0.25, 0.3) is 5.56 Å². The molecule has 21 heavy (non-hydrogen) atoms. The average molecular weight is 358 g/mol. The van der Waals surface area contributed by atoms with Gasteiger partial charge >= 0.3 is 0 Å². The molecule has 0 aliphatic heterocycles. The minimum Gasteiger partial charge on any atom is -0.267 e. The lowest BCUT2D eigenvalue weighted by Gasteiger charge is -2.04. The average Bonchev–Trinajstić information content (AvgIpc) is 2.87. The van der Waals surface area contributed by atoms with E-state index in [0.717, 1.165) is 20.4 Å². The first-order chi connectivity index (χ1) is 10.2. The van der Waals surface area contributed by atoms with E-state index in [0.29, 0.717) is 10.2 Å². The predicted octanol–water partition coefficient (Wildman–Crippen LogP) is 3.76. The number of nitrogens with zero attached hydrogens (tertiary/aromatic N) is 3. The van der Waals surface area contributed by atoms with Crippen LogP contribution in [0.15, 0.2) is 58.2 Å². The predicted molar refractivity (Wildman–Crippen MR) is 88.2 cm³/mol. The highest BCUT2D eigenvalue weighted by Crippen LogP contribution is 2.30. The van der Waals surface area contributed by atoms with E-state index in [2.05, 4.69) is 25.9 Å². The quantitative estimate of drug-likeness (QED) is 0.521. The van der Waals surface area contributed by atoms with Crippen molar-refractivity contribution in [2.75, 3.05) is 0 Å². The molecule has 0 saturated heterocycles. The maximum atomic E-state index is 12.7. The molecule has 0 fully saturated rings. The summed E-state index contributed by atoms with van der Waals surface area (Å²) in [6.45, 7) is 0. The molecule has 102 valence electrons. The molecule has 4 rings (SSSR count). The van der Waals surface area contributed by atoms with Crippen molar-refractivity contribution in [2.24, 2.45) is 0 Å². The van der Waals surface area contributed by atoms with E-state index in [1.54, 1.807) is 17.1 Å². The Hall–Kier alpha value is -2.05. The summed E-state index contributed by atoms with van der Waals surface area (Å²) >= 11 is 4.78. The molecule has 0 amide bonds. The van der Waals surface area contributed by atoms with Gasteiger partial charge in [0.15, 0.2) is 0 Å². The van der Waals surface area contributed by atoms with Gasteiger partial charge in [-0.25, -0.2) is 9.97 Å². The summed E-state index contributed by atoms with van der Waals surface area (Å²) in [4.78, 5) is 22.3. The zero-order valence-electron chi connectivity index (χ0n) is 10.7. The lowest BCUT2D eigenvalue weighted by molar-refractivity contribution is 0.968. The number of aromatic nitrogens is 3. The summed E-state index contributed by atoms with van der Waals surface area (Å²) in [5.41, 5.74) is 1.45. The van der Waals surface area contributed by atoms with Crippen molar-refractivity contribution in [3.05, 3.63) is 63.7 Å². The Morgan fingerprint density at radius 2 is 1.95 bits per heavy atom. The molecule has 0 aliphatic rings. The van der Waals surface area contributed by atoms with Crippen molar-refractivity contribution < 1.29 is 0 Å². The molecule has 0 spiro atoms. The Bertz CT molecular complexity index is 1020. The molecule has 4 aromatic rings. The van der Waals surface area contributed by atoms with E-state index in [1.165, 1.54) is 11.3 Å². The molecule has 4 nitrogen and oxygen atoms in total. The Morgan fingerprint density at radius 1 is 1.14 bits per heavy atom. The summed E-state index contributed by atoms with van der Waals surface area (Å²) < 4.78 is 3.07. The molecule has 0 bridgehead atoms. The Kier molecular flexibility index (Phi) is 2.87. The highest BCUT2D eigenvalue weighted by Gasteiger charge is 2.13. The second-order valence-electron chi connectivity index (χ2n) is 4.54. The van der Waals surface area contributed by atoms with E-state index in [1.807, 2.05) is 36.4 Å². The third-order valence-corrected chi connectivity index (χ3v) is 4.76. The van der Waals surface area contributed by atoms with Crippen LogP contribution in [0, 0.1) is 0 Å². The van der Waals surface area contributed by atoms with Crippen molar-refractivity contribution in [3.8, 4) is 5.69 Å². The molecular formula is C15H8BrN3OS. The zero-order valence-corrected chi connectivity index (χ0v) is 13.1. The van der Waals surface area contributed by atoms with E-state index in [4.69, 9.17) is 0 Å². The molecule has 0 N–H and O–H groups in total. The van der Waals surface area contributed by atoms with Crippen LogP contribution >= 0.6 is 27.3 Å². The maximum absolute atomic E-state index is 12.7. The molecule has 3 aromatic heterocycles. The number of hydrogen-bond donors (Lipinski definition) is 0. The van der Waals surface area contributed by atoms with Crippen LogP contribution in [0.3, 0.4) is 0 Å². The molecule has 0 saturated carbocycles. The van der Waals surface area contributed by atoms with E-state index >= 15 is 0 Å². The van der Waals surface area contributed by atoms with Crippen molar-refractivity contribution in [2.45, 2.75) is 0 Å². The maximum Gasteiger partial charge on any atom is 0.275 e. The number of para-hydroxylation sites is 1. The van der Waals surface area contributed by atoms with Crippen LogP contribution in [0.4, 0.5) is 0 Å². The lowest BCUT2D eigenvalue weighted by Crippen LogP contribution is -2.17. The molecule has 0 radical (unpaired) electrons. The molecule has 1 aromatic carbocycles. The van der Waals surface area contributed by atoms with Gasteiger partial charge in [-0.3, -0.25) is 9.36 Å². The van der Waals surface area contributed by atoms with Gasteiger partial charge in [0, 0.05) is 16.1 Å². The van der Waals surface area contributed by atoms with Gasteiger partial charge in [-0.05, 0) is 34.1 Å². The first-order valence-corrected chi connectivity index (χ1v) is 7.86. The number of pyridine rings is 1. The fourth-order valence-electron chi connectivity index (χ4n) is 2.27. The van der Waals surface area contributed by atoms with Crippen LogP contribution in [-0.2, 0) is 0 Å². The molecule has 0 unspecified atom stereocenters. The molecule has 3 heterocycles. The summed E-state index contributed by atoms with van der Waals surface area (Å²) in [5.74, 6) is 0. The number of fused-ring (bicyclic) bond motifs is 3. The van der Waals surface area contributed by atoms with Crippen LogP contribution in [0.2, 0.25) is 0 Å². The van der Waals surface area contributed by atoms with Crippen LogP contribution in [0.25, 0.3) is 26.1 Å². The third kappa shape index (κ3) is 1.99. The highest BCUT2D eigenvalue weighted by atomic mass is 79.9. The molecule has 0 atom stereocenters.